The van der Waals surface area contributed by atoms with Crippen LogP contribution in [0.4, 0.5) is 39.3 Å². The molecule has 2 aromatic rings. The predicted molar refractivity (Wildman–Crippen MR) is 103 cm³/mol. The van der Waals surface area contributed by atoms with E-state index in [2.05, 4.69) is 14.8 Å². The van der Waals surface area contributed by atoms with Crippen LogP contribution >= 0.6 is 0 Å². The number of hydrogen-bond acceptors (Lipinski definition) is 6. The second kappa shape index (κ2) is 7.68. The Hall–Kier alpha value is -3.31. The number of pyridine rings is 2. The van der Waals surface area contributed by atoms with E-state index < -0.39 is 35.1 Å². The summed E-state index contributed by atoms with van der Waals surface area (Å²) in [5, 5.41) is 0.129. The summed E-state index contributed by atoms with van der Waals surface area (Å²) >= 11 is 0. The third-order valence-electron chi connectivity index (χ3n) is 4.80. The summed E-state index contributed by atoms with van der Waals surface area (Å²) in [5.74, 6) is -7.01. The molecule has 0 saturated carbocycles. The van der Waals surface area contributed by atoms with Gasteiger partial charge in [0.05, 0.1) is 5.69 Å². The smallest absolute Gasteiger partial charge is 0.325 e. The second-order valence-corrected chi connectivity index (χ2v) is 7.99. The third-order valence-corrected chi connectivity index (χ3v) is 4.80. The van der Waals surface area contributed by atoms with Gasteiger partial charge in [0, 0.05) is 43.6 Å². The molecule has 0 spiro atoms. The van der Waals surface area contributed by atoms with Crippen LogP contribution in [0.1, 0.15) is 39.0 Å². The molecule has 172 valence electrons. The van der Waals surface area contributed by atoms with E-state index >= 15 is 0 Å². The molecule has 0 N–H and O–H groups in total. The number of amides is 1. The molecule has 32 heavy (non-hydrogen) atoms. The molecule has 0 aliphatic carbocycles. The molecule has 12 heteroatoms. The Balaban J connectivity index is 2.06. The summed E-state index contributed by atoms with van der Waals surface area (Å²) in [6.07, 6.45) is -3.99. The summed E-state index contributed by atoms with van der Waals surface area (Å²) in [6, 6.07) is 5.34. The number of rotatable bonds is 3. The van der Waals surface area contributed by atoms with Gasteiger partial charge in [-0.1, -0.05) is 19.9 Å². The molecule has 1 amide bonds. The van der Waals surface area contributed by atoms with Gasteiger partial charge in [0.15, 0.2) is 5.82 Å². The van der Waals surface area contributed by atoms with Crippen molar-refractivity contribution < 1.29 is 36.4 Å². The lowest BCUT2D eigenvalue weighted by molar-refractivity contribution is -0.201. The van der Waals surface area contributed by atoms with Crippen molar-refractivity contribution in [2.75, 3.05) is 16.5 Å². The fourth-order valence-corrected chi connectivity index (χ4v) is 3.29. The SMILES string of the molecule is CC(=O)N(OC(=O)C(F)(F)F)c1cc2c(cn1)C(C)(C)CN2c1cccc(C(C)(F)F)n1. The van der Waals surface area contributed by atoms with Gasteiger partial charge in [-0.05, 0) is 12.1 Å². The first-order valence-corrected chi connectivity index (χ1v) is 9.34. The van der Waals surface area contributed by atoms with Crippen molar-refractivity contribution in [1.29, 1.82) is 0 Å². The Labute approximate surface area is 179 Å². The minimum Gasteiger partial charge on any atom is -0.325 e. The molecule has 3 heterocycles. The quantitative estimate of drug-likeness (QED) is 0.502. The predicted octanol–water partition coefficient (Wildman–Crippen LogP) is 4.39. The molecule has 0 aromatic carbocycles. The zero-order valence-electron chi connectivity index (χ0n) is 17.5. The molecule has 0 fully saturated rings. The first-order valence-electron chi connectivity index (χ1n) is 9.34. The van der Waals surface area contributed by atoms with Gasteiger partial charge in [-0.3, -0.25) is 4.79 Å². The maximum absolute atomic E-state index is 13.8. The number of anilines is 3. The molecule has 0 bridgehead atoms. The van der Waals surface area contributed by atoms with E-state index in [0.29, 0.717) is 24.7 Å². The third kappa shape index (κ3) is 4.48. The number of hydrogen-bond donors (Lipinski definition) is 0. The maximum atomic E-state index is 13.8. The zero-order chi connectivity index (χ0) is 24.1. The standard InChI is InChI=1S/C20H19F5N4O3/c1-11(30)29(32-17(31)20(23,24)25)16-8-13-12(9-26-16)18(2,3)10-28(13)15-7-5-6-14(27-15)19(4,21)22/h5-9H,10H2,1-4H3. The van der Waals surface area contributed by atoms with Crippen molar-refractivity contribution in [3.8, 4) is 0 Å². The van der Waals surface area contributed by atoms with Gasteiger partial charge in [-0.15, -0.1) is 5.06 Å². The average molecular weight is 458 g/mol. The average Bonchev–Trinajstić information content (AvgIpc) is 2.95. The fourth-order valence-electron chi connectivity index (χ4n) is 3.29. The summed E-state index contributed by atoms with van der Waals surface area (Å²) in [4.78, 5) is 36.9. The number of halogens is 5. The van der Waals surface area contributed by atoms with Crippen molar-refractivity contribution in [1.82, 2.24) is 9.97 Å². The van der Waals surface area contributed by atoms with E-state index in [9.17, 15) is 31.5 Å². The number of alkyl halides is 5. The molecule has 1 aliphatic rings. The van der Waals surface area contributed by atoms with E-state index in [0.717, 1.165) is 6.92 Å². The highest BCUT2D eigenvalue weighted by Gasteiger charge is 2.44. The minimum atomic E-state index is -5.33. The van der Waals surface area contributed by atoms with E-state index in [4.69, 9.17) is 0 Å². The lowest BCUT2D eigenvalue weighted by Crippen LogP contribution is -2.38. The van der Waals surface area contributed by atoms with Crippen LogP contribution in [-0.4, -0.2) is 34.6 Å². The molecule has 3 rings (SSSR count). The van der Waals surface area contributed by atoms with Crippen LogP contribution in [-0.2, 0) is 25.8 Å². The lowest BCUT2D eigenvalue weighted by Gasteiger charge is -2.23. The van der Waals surface area contributed by atoms with Gasteiger partial charge in [-0.25, -0.2) is 14.8 Å². The minimum absolute atomic E-state index is 0.129. The lowest BCUT2D eigenvalue weighted by atomic mass is 9.88. The van der Waals surface area contributed by atoms with Gasteiger partial charge in [0.2, 0.25) is 0 Å². The second-order valence-electron chi connectivity index (χ2n) is 7.99. The summed E-state index contributed by atoms with van der Waals surface area (Å²) in [6.45, 7) is 5.62. The number of carbonyl (C=O) groups is 2. The highest BCUT2D eigenvalue weighted by molar-refractivity contribution is 5.92. The Morgan fingerprint density at radius 2 is 1.84 bits per heavy atom. The molecule has 7 nitrogen and oxygen atoms in total. The van der Waals surface area contributed by atoms with Crippen molar-refractivity contribution in [2.45, 2.75) is 45.2 Å². The summed E-state index contributed by atoms with van der Waals surface area (Å²) in [7, 11) is 0. The fraction of sp³-hybridized carbons (Fsp3) is 0.400. The molecule has 0 atom stereocenters. The number of fused-ring (bicyclic) bond motifs is 1. The Kier molecular flexibility index (Phi) is 5.60. The topological polar surface area (TPSA) is 75.6 Å². The largest absolute Gasteiger partial charge is 0.493 e. The van der Waals surface area contributed by atoms with Gasteiger partial charge in [-0.2, -0.15) is 22.0 Å². The number of aromatic nitrogens is 2. The zero-order valence-corrected chi connectivity index (χ0v) is 17.5. The first-order chi connectivity index (χ1) is 14.6. The van der Waals surface area contributed by atoms with Crippen molar-refractivity contribution >= 4 is 29.2 Å². The summed E-state index contributed by atoms with van der Waals surface area (Å²) in [5.41, 5.74) is 0.0255. The van der Waals surface area contributed by atoms with E-state index in [1.54, 1.807) is 4.90 Å². The molecule has 2 aromatic heterocycles. The number of hydroxylamine groups is 1. The van der Waals surface area contributed by atoms with E-state index in [1.165, 1.54) is 30.5 Å². The van der Waals surface area contributed by atoms with Crippen LogP contribution in [0.2, 0.25) is 0 Å². The number of carbonyl (C=O) groups excluding carboxylic acids is 2. The highest BCUT2D eigenvalue weighted by Crippen LogP contribution is 2.45. The van der Waals surface area contributed by atoms with Crippen LogP contribution in [0.15, 0.2) is 30.5 Å². The van der Waals surface area contributed by atoms with Gasteiger partial charge < -0.3 is 9.74 Å². The molecular formula is C20H19F5N4O3. The van der Waals surface area contributed by atoms with Crippen LogP contribution in [0.5, 0.6) is 0 Å². The van der Waals surface area contributed by atoms with Crippen molar-refractivity contribution in [2.24, 2.45) is 0 Å². The van der Waals surface area contributed by atoms with Gasteiger partial charge >= 0.3 is 12.1 Å². The van der Waals surface area contributed by atoms with Crippen LogP contribution in [0.3, 0.4) is 0 Å². The number of nitrogens with zero attached hydrogens (tertiary/aromatic N) is 4. The molecule has 0 saturated heterocycles. The first kappa shape index (κ1) is 23.4. The Bertz CT molecular complexity index is 1070. The molecule has 1 aliphatic heterocycles. The maximum Gasteiger partial charge on any atom is 0.493 e. The Morgan fingerprint density at radius 1 is 1.19 bits per heavy atom. The Morgan fingerprint density at radius 3 is 2.41 bits per heavy atom. The highest BCUT2D eigenvalue weighted by atomic mass is 19.4. The molecule has 0 radical (unpaired) electrons. The van der Waals surface area contributed by atoms with Crippen LogP contribution in [0, 0.1) is 0 Å². The van der Waals surface area contributed by atoms with Gasteiger partial charge in [0.25, 0.3) is 11.8 Å². The van der Waals surface area contributed by atoms with Crippen molar-refractivity contribution in [3.05, 3.63) is 41.7 Å². The normalized spacial score (nSPS) is 15.3. The van der Waals surface area contributed by atoms with Crippen LogP contribution < -0.4 is 9.96 Å². The van der Waals surface area contributed by atoms with Crippen molar-refractivity contribution in [3.63, 3.8) is 0 Å². The van der Waals surface area contributed by atoms with E-state index in [-0.39, 0.29) is 16.7 Å². The summed E-state index contributed by atoms with van der Waals surface area (Å²) < 4.78 is 65.4. The van der Waals surface area contributed by atoms with Gasteiger partial charge in [0.1, 0.15) is 11.5 Å². The molecule has 0 unspecified atom stereocenters. The monoisotopic (exact) mass is 458 g/mol. The van der Waals surface area contributed by atoms with Crippen LogP contribution in [0.25, 0.3) is 0 Å². The van der Waals surface area contributed by atoms with E-state index in [1.807, 2.05) is 13.8 Å². The molecular weight excluding hydrogens is 439 g/mol.